The lowest BCUT2D eigenvalue weighted by molar-refractivity contribution is -0.476. The van der Waals surface area contributed by atoms with Crippen LogP contribution in [0.5, 0.6) is 0 Å². The van der Waals surface area contributed by atoms with Gasteiger partial charge in [-0.15, -0.1) is 0 Å². The van der Waals surface area contributed by atoms with Crippen LogP contribution in [0.15, 0.2) is 0 Å². The largest absolute Gasteiger partial charge is 0.428 e. The highest BCUT2D eigenvalue weighted by molar-refractivity contribution is 5.05. The molecule has 152 valence electrons. The van der Waals surface area contributed by atoms with Crippen molar-refractivity contribution in [2.75, 3.05) is 27.4 Å². The summed E-state index contributed by atoms with van der Waals surface area (Å²) in [6.45, 7) is -5.42. The zero-order valence-corrected chi connectivity index (χ0v) is 12.2. The van der Waals surface area contributed by atoms with Gasteiger partial charge < -0.3 is 14.2 Å². The molecule has 0 rings (SSSR count). The van der Waals surface area contributed by atoms with Gasteiger partial charge in [-0.3, -0.25) is 0 Å². The van der Waals surface area contributed by atoms with Gasteiger partial charge in [0.1, 0.15) is 0 Å². The van der Waals surface area contributed by atoms with E-state index in [4.69, 9.17) is 0 Å². The fraction of sp³-hybridized carbons (Fsp3) is 1.00. The quantitative estimate of drug-likeness (QED) is 0.624. The lowest BCUT2D eigenvalue weighted by Crippen LogP contribution is -2.72. The smallest absolute Gasteiger partial charge is 0.381 e. The number of methoxy groups -OCH3 is 2. The van der Waals surface area contributed by atoms with Crippen LogP contribution in [0.3, 0.4) is 0 Å². The van der Waals surface area contributed by atoms with Crippen LogP contribution >= 0.6 is 0 Å². The van der Waals surface area contributed by atoms with Crippen molar-refractivity contribution >= 4 is 0 Å². The van der Waals surface area contributed by atoms with Gasteiger partial charge in [0.25, 0.3) is 11.2 Å². The number of alkyl halides is 12. The summed E-state index contributed by atoms with van der Waals surface area (Å²) in [7, 11) is 0.406. The second-order valence-electron chi connectivity index (χ2n) is 4.61. The van der Waals surface area contributed by atoms with E-state index >= 15 is 0 Å². The monoisotopic (exact) mass is 406 g/mol. The van der Waals surface area contributed by atoms with Crippen LogP contribution in [0.2, 0.25) is 0 Å². The number of rotatable bonds is 6. The first kappa shape index (κ1) is 24.0. The average Bonchev–Trinajstić information content (AvgIpc) is 2.31. The Hall–Kier alpha value is -0.960. The Morgan fingerprint density at radius 2 is 0.680 bits per heavy atom. The molecule has 25 heavy (non-hydrogen) atoms. The molecule has 0 bridgehead atoms. The maximum absolute atomic E-state index is 12.9. The van der Waals surface area contributed by atoms with Gasteiger partial charge in [-0.2, -0.15) is 52.7 Å². The van der Waals surface area contributed by atoms with E-state index in [9.17, 15) is 52.7 Å². The summed E-state index contributed by atoms with van der Waals surface area (Å²) in [6.07, 6.45) is -27.0. The molecule has 0 atom stereocenters. The summed E-state index contributed by atoms with van der Waals surface area (Å²) in [5, 5.41) is 0. The van der Waals surface area contributed by atoms with Gasteiger partial charge in [-0.05, 0) is 0 Å². The Balaban J connectivity index is 6.74. The Kier molecular flexibility index (Phi) is 6.71. The zero-order valence-electron chi connectivity index (χ0n) is 12.2. The van der Waals surface area contributed by atoms with Crippen molar-refractivity contribution in [3.05, 3.63) is 0 Å². The molecule has 0 aliphatic heterocycles. The molecule has 15 heteroatoms. The van der Waals surface area contributed by atoms with E-state index in [1.54, 1.807) is 0 Å². The third-order valence-electron chi connectivity index (χ3n) is 2.88. The van der Waals surface area contributed by atoms with Crippen molar-refractivity contribution in [3.63, 3.8) is 0 Å². The Bertz CT molecular complexity index is 364. The van der Waals surface area contributed by atoms with Gasteiger partial charge in [0.15, 0.2) is 0 Å². The van der Waals surface area contributed by atoms with Crippen LogP contribution in [-0.4, -0.2) is 63.3 Å². The summed E-state index contributed by atoms with van der Waals surface area (Å²) in [5.41, 5.74) is -11.8. The van der Waals surface area contributed by atoms with Crippen molar-refractivity contribution in [3.8, 4) is 0 Å². The molecule has 0 aromatic rings. The Morgan fingerprint density at radius 1 is 0.480 bits per heavy atom. The highest BCUT2D eigenvalue weighted by Gasteiger charge is 2.82. The first-order chi connectivity index (χ1) is 10.8. The molecule has 0 saturated carbocycles. The minimum atomic E-state index is -6.74. The van der Waals surface area contributed by atoms with Gasteiger partial charge in [-0.25, -0.2) is 0 Å². The normalized spacial score (nSPS) is 15.6. The highest BCUT2D eigenvalue weighted by atomic mass is 19.4. The summed E-state index contributed by atoms with van der Waals surface area (Å²) in [5.74, 6) is 0. The second-order valence-corrected chi connectivity index (χ2v) is 4.61. The van der Waals surface area contributed by atoms with Crippen molar-refractivity contribution in [1.82, 2.24) is 0 Å². The fourth-order valence-corrected chi connectivity index (χ4v) is 1.64. The number of hydrogen-bond donors (Lipinski definition) is 0. The van der Waals surface area contributed by atoms with E-state index in [0.29, 0.717) is 0 Å². The van der Waals surface area contributed by atoms with Crippen LogP contribution in [0, 0.1) is 0 Å². The Labute approximate surface area is 131 Å². The van der Waals surface area contributed by atoms with Gasteiger partial charge >= 0.3 is 24.7 Å². The van der Waals surface area contributed by atoms with E-state index in [0.717, 1.165) is 0 Å². The number of ether oxygens (including phenoxy) is 3. The van der Waals surface area contributed by atoms with Crippen LogP contribution in [0.4, 0.5) is 52.7 Å². The van der Waals surface area contributed by atoms with E-state index in [-0.39, 0.29) is 14.2 Å². The van der Waals surface area contributed by atoms with E-state index in [1.807, 2.05) is 0 Å². The van der Waals surface area contributed by atoms with E-state index in [2.05, 4.69) is 14.2 Å². The Morgan fingerprint density at radius 3 is 0.800 bits per heavy atom. The van der Waals surface area contributed by atoms with Crippen LogP contribution < -0.4 is 0 Å². The number of halogens is 12. The summed E-state index contributed by atoms with van der Waals surface area (Å²) in [4.78, 5) is 0. The summed E-state index contributed by atoms with van der Waals surface area (Å²) >= 11 is 0. The predicted molar refractivity (Wildman–Crippen MR) is 54.5 cm³/mol. The molecule has 0 N–H and O–H groups in total. The minimum absolute atomic E-state index is 0.203. The molecule has 0 aliphatic carbocycles. The molecule has 0 aromatic heterocycles. The average molecular weight is 406 g/mol. The predicted octanol–water partition coefficient (Wildman–Crippen LogP) is 4.02. The molecule has 0 radical (unpaired) electrons. The second kappa shape index (κ2) is 6.98. The lowest BCUT2D eigenvalue weighted by atomic mass is 9.97. The molecule has 0 fully saturated rings. The molecule has 0 unspecified atom stereocenters. The molecular weight excluding hydrogens is 396 g/mol. The first-order valence-corrected chi connectivity index (χ1v) is 5.78. The van der Waals surface area contributed by atoms with Gasteiger partial charge in [0.2, 0.25) is 0 Å². The molecule has 0 amide bonds. The van der Waals surface area contributed by atoms with Crippen LogP contribution in [0.25, 0.3) is 0 Å². The maximum Gasteiger partial charge on any atom is 0.428 e. The first-order valence-electron chi connectivity index (χ1n) is 5.78. The fourth-order valence-electron chi connectivity index (χ4n) is 1.64. The standard InChI is InChI=1S/C10H10F12O3/c1-23-3-5(7(11,12)13,8(14,15)16)25-6(4-24-2,9(17,18)19)10(20,21)22/h3-4H2,1-2H3. The van der Waals surface area contributed by atoms with Gasteiger partial charge in [0, 0.05) is 14.2 Å². The summed E-state index contributed by atoms with van der Waals surface area (Å²) in [6, 6.07) is 0. The van der Waals surface area contributed by atoms with E-state index < -0.39 is 49.1 Å². The third kappa shape index (κ3) is 4.24. The number of hydrogen-bond acceptors (Lipinski definition) is 3. The molecule has 0 spiro atoms. The third-order valence-corrected chi connectivity index (χ3v) is 2.88. The molecular formula is C10H10F12O3. The molecule has 0 heterocycles. The van der Waals surface area contributed by atoms with Crippen LogP contribution in [0.1, 0.15) is 0 Å². The minimum Gasteiger partial charge on any atom is -0.381 e. The van der Waals surface area contributed by atoms with Crippen LogP contribution in [-0.2, 0) is 14.2 Å². The topological polar surface area (TPSA) is 27.7 Å². The maximum atomic E-state index is 12.9. The molecule has 0 aromatic carbocycles. The molecule has 0 saturated heterocycles. The molecule has 3 nitrogen and oxygen atoms in total. The molecule has 0 aliphatic rings. The van der Waals surface area contributed by atoms with Crippen molar-refractivity contribution in [1.29, 1.82) is 0 Å². The van der Waals surface area contributed by atoms with Gasteiger partial charge in [0.05, 0.1) is 13.2 Å². The van der Waals surface area contributed by atoms with E-state index in [1.165, 1.54) is 0 Å². The van der Waals surface area contributed by atoms with Crippen molar-refractivity contribution < 1.29 is 66.9 Å². The lowest BCUT2D eigenvalue weighted by Gasteiger charge is -2.45. The zero-order chi connectivity index (χ0) is 20.5. The van der Waals surface area contributed by atoms with Crippen molar-refractivity contribution in [2.45, 2.75) is 35.9 Å². The SMILES string of the molecule is COCC(OC(COC)(C(F)(F)F)C(F)(F)F)(C(F)(F)F)C(F)(F)F. The van der Waals surface area contributed by atoms with Crippen molar-refractivity contribution in [2.24, 2.45) is 0 Å². The summed E-state index contributed by atoms with van der Waals surface area (Å²) < 4.78 is 165. The van der Waals surface area contributed by atoms with Gasteiger partial charge in [-0.1, -0.05) is 0 Å². The highest BCUT2D eigenvalue weighted by Crippen LogP contribution is 2.54.